The maximum Gasteiger partial charge on any atom is 0.148 e. The van der Waals surface area contributed by atoms with E-state index in [1.54, 1.807) is 24.3 Å². The summed E-state index contributed by atoms with van der Waals surface area (Å²) >= 11 is 18.0. The molecule has 1 aromatic heterocycles. The highest BCUT2D eigenvalue weighted by Crippen LogP contribution is 2.28. The van der Waals surface area contributed by atoms with E-state index < -0.39 is 0 Å². The Bertz CT molecular complexity index is 849. The van der Waals surface area contributed by atoms with Crippen LogP contribution in [-0.2, 0) is 13.2 Å². The van der Waals surface area contributed by atoms with Crippen molar-refractivity contribution in [2.45, 2.75) is 13.2 Å². The fourth-order valence-electron chi connectivity index (χ4n) is 2.34. The molecular weight excluding hydrogens is 359 g/mol. The van der Waals surface area contributed by atoms with Crippen LogP contribution in [0.3, 0.4) is 0 Å². The van der Waals surface area contributed by atoms with E-state index in [0.717, 1.165) is 11.0 Å². The van der Waals surface area contributed by atoms with Gasteiger partial charge in [0.1, 0.15) is 18.2 Å². The third-order valence-electron chi connectivity index (χ3n) is 3.36. The first kappa shape index (κ1) is 16.4. The minimum atomic E-state index is -0.00727. The number of halogens is 3. The van der Waals surface area contributed by atoms with E-state index in [1.807, 2.05) is 16.7 Å². The van der Waals surface area contributed by atoms with E-state index in [4.69, 9.17) is 39.5 Å². The molecule has 0 aliphatic carbocycles. The molecule has 0 saturated carbocycles. The highest BCUT2D eigenvalue weighted by atomic mass is 35.5. The summed E-state index contributed by atoms with van der Waals surface area (Å²) in [5.74, 6) is 1.21. The summed E-state index contributed by atoms with van der Waals surface area (Å²) in [4.78, 5) is 4.53. The van der Waals surface area contributed by atoms with Gasteiger partial charge in [-0.15, -0.1) is 0 Å². The molecular formula is C16H13Cl3N2O2. The number of aliphatic hydroxyl groups is 1. The molecule has 0 atom stereocenters. The lowest BCUT2D eigenvalue weighted by Gasteiger charge is -2.10. The lowest BCUT2D eigenvalue weighted by Crippen LogP contribution is -2.09. The Labute approximate surface area is 148 Å². The van der Waals surface area contributed by atoms with Crippen molar-refractivity contribution in [1.82, 2.24) is 9.55 Å². The number of hydrogen-bond donors (Lipinski definition) is 1. The van der Waals surface area contributed by atoms with Crippen LogP contribution in [0, 0.1) is 0 Å². The number of ether oxygens (including phenoxy) is 1. The molecule has 0 fully saturated rings. The van der Waals surface area contributed by atoms with Crippen LogP contribution in [0.2, 0.25) is 15.1 Å². The van der Waals surface area contributed by atoms with E-state index in [-0.39, 0.29) is 13.2 Å². The zero-order chi connectivity index (χ0) is 16.4. The van der Waals surface area contributed by atoms with Crippen molar-refractivity contribution in [3.05, 3.63) is 57.3 Å². The van der Waals surface area contributed by atoms with Crippen LogP contribution < -0.4 is 4.74 Å². The third kappa shape index (κ3) is 3.56. The topological polar surface area (TPSA) is 47.3 Å². The van der Waals surface area contributed by atoms with E-state index in [0.29, 0.717) is 33.2 Å². The standard InChI is InChI=1S/C16H13Cl3N2O2/c17-10-2-4-15(12(19)7-10)23-9-16-20-13-3-1-11(18)8-14(13)21(16)5-6-22/h1-4,7-8,22H,5-6,9H2. The number of fused-ring (bicyclic) bond motifs is 1. The Kier molecular flexibility index (Phi) is 4.97. The molecule has 0 spiro atoms. The average Bonchev–Trinajstić information content (AvgIpc) is 2.84. The minimum absolute atomic E-state index is 0.00727. The summed E-state index contributed by atoms with van der Waals surface area (Å²) in [6.45, 7) is 0.615. The first-order valence-corrected chi connectivity index (χ1v) is 8.05. The second-order valence-corrected chi connectivity index (χ2v) is 6.18. The fourth-order valence-corrected chi connectivity index (χ4v) is 2.97. The van der Waals surface area contributed by atoms with Gasteiger partial charge < -0.3 is 14.4 Å². The molecule has 0 radical (unpaired) electrons. The van der Waals surface area contributed by atoms with Gasteiger partial charge in [-0.2, -0.15) is 0 Å². The molecule has 0 amide bonds. The average molecular weight is 372 g/mol. The first-order chi connectivity index (χ1) is 11.1. The van der Waals surface area contributed by atoms with Crippen molar-refractivity contribution in [3.8, 4) is 5.75 Å². The molecule has 1 N–H and O–H groups in total. The Morgan fingerprint density at radius 2 is 1.78 bits per heavy atom. The summed E-state index contributed by atoms with van der Waals surface area (Å²) in [6.07, 6.45) is 0. The van der Waals surface area contributed by atoms with Gasteiger partial charge in [0.25, 0.3) is 0 Å². The molecule has 1 heterocycles. The molecule has 120 valence electrons. The van der Waals surface area contributed by atoms with Crippen LogP contribution in [0.4, 0.5) is 0 Å². The molecule has 2 aromatic carbocycles. The van der Waals surface area contributed by atoms with E-state index in [9.17, 15) is 5.11 Å². The Morgan fingerprint density at radius 1 is 1.04 bits per heavy atom. The van der Waals surface area contributed by atoms with Gasteiger partial charge in [-0.25, -0.2) is 4.98 Å². The van der Waals surface area contributed by atoms with Crippen molar-refractivity contribution in [2.24, 2.45) is 0 Å². The minimum Gasteiger partial charge on any atom is -0.484 e. The summed E-state index contributed by atoms with van der Waals surface area (Å²) in [5.41, 5.74) is 1.65. The van der Waals surface area contributed by atoms with Crippen LogP contribution in [0.25, 0.3) is 11.0 Å². The van der Waals surface area contributed by atoms with E-state index in [2.05, 4.69) is 4.98 Å². The van der Waals surface area contributed by atoms with Crippen molar-refractivity contribution >= 4 is 45.8 Å². The first-order valence-electron chi connectivity index (χ1n) is 6.92. The number of aromatic nitrogens is 2. The van der Waals surface area contributed by atoms with Gasteiger partial charge in [-0.3, -0.25) is 0 Å². The molecule has 0 unspecified atom stereocenters. The smallest absolute Gasteiger partial charge is 0.148 e. The van der Waals surface area contributed by atoms with Crippen LogP contribution in [0.15, 0.2) is 36.4 Å². The van der Waals surface area contributed by atoms with Gasteiger partial charge in [0.2, 0.25) is 0 Å². The number of benzene rings is 2. The molecule has 3 aromatic rings. The molecule has 3 rings (SSSR count). The zero-order valence-corrected chi connectivity index (χ0v) is 14.2. The number of aliphatic hydroxyl groups excluding tert-OH is 1. The fraction of sp³-hybridized carbons (Fsp3) is 0.188. The van der Waals surface area contributed by atoms with E-state index in [1.165, 1.54) is 0 Å². The van der Waals surface area contributed by atoms with Gasteiger partial charge in [0, 0.05) is 16.6 Å². The number of imidazole rings is 1. The van der Waals surface area contributed by atoms with Crippen molar-refractivity contribution in [3.63, 3.8) is 0 Å². The molecule has 0 aliphatic heterocycles. The second-order valence-electron chi connectivity index (χ2n) is 4.90. The van der Waals surface area contributed by atoms with Crippen molar-refractivity contribution in [2.75, 3.05) is 6.61 Å². The lowest BCUT2D eigenvalue weighted by atomic mass is 10.3. The van der Waals surface area contributed by atoms with Gasteiger partial charge >= 0.3 is 0 Å². The van der Waals surface area contributed by atoms with Gasteiger partial charge in [-0.1, -0.05) is 34.8 Å². The molecule has 23 heavy (non-hydrogen) atoms. The highest BCUT2D eigenvalue weighted by Gasteiger charge is 2.12. The third-order valence-corrected chi connectivity index (χ3v) is 4.13. The summed E-state index contributed by atoms with van der Waals surface area (Å²) in [5, 5.41) is 10.9. The normalized spacial score (nSPS) is 11.1. The van der Waals surface area contributed by atoms with E-state index >= 15 is 0 Å². The Hall–Kier alpha value is -1.46. The Morgan fingerprint density at radius 3 is 2.52 bits per heavy atom. The molecule has 0 saturated heterocycles. The molecule has 0 bridgehead atoms. The second kappa shape index (κ2) is 6.97. The van der Waals surface area contributed by atoms with Gasteiger partial charge in [0.15, 0.2) is 0 Å². The quantitative estimate of drug-likeness (QED) is 0.715. The predicted molar refractivity (Wildman–Crippen MR) is 92.6 cm³/mol. The van der Waals surface area contributed by atoms with Crippen molar-refractivity contribution in [1.29, 1.82) is 0 Å². The maximum atomic E-state index is 9.29. The lowest BCUT2D eigenvalue weighted by molar-refractivity contribution is 0.260. The van der Waals surface area contributed by atoms with Crippen LogP contribution in [0.1, 0.15) is 5.82 Å². The summed E-state index contributed by atoms with van der Waals surface area (Å²) in [7, 11) is 0. The molecule has 7 heteroatoms. The SMILES string of the molecule is OCCn1c(COc2ccc(Cl)cc2Cl)nc2ccc(Cl)cc21. The summed E-state index contributed by atoms with van der Waals surface area (Å²) < 4.78 is 7.62. The largest absolute Gasteiger partial charge is 0.484 e. The number of rotatable bonds is 5. The highest BCUT2D eigenvalue weighted by molar-refractivity contribution is 6.35. The van der Waals surface area contributed by atoms with Crippen LogP contribution in [0.5, 0.6) is 5.75 Å². The van der Waals surface area contributed by atoms with Crippen molar-refractivity contribution < 1.29 is 9.84 Å². The number of nitrogens with zero attached hydrogens (tertiary/aromatic N) is 2. The molecule has 4 nitrogen and oxygen atoms in total. The monoisotopic (exact) mass is 370 g/mol. The summed E-state index contributed by atoms with van der Waals surface area (Å²) in [6, 6.07) is 10.5. The Balaban J connectivity index is 1.91. The zero-order valence-electron chi connectivity index (χ0n) is 12.0. The molecule has 0 aliphatic rings. The van der Waals surface area contributed by atoms with Gasteiger partial charge in [-0.05, 0) is 36.4 Å². The maximum absolute atomic E-state index is 9.29. The van der Waals surface area contributed by atoms with Crippen LogP contribution in [-0.4, -0.2) is 21.3 Å². The predicted octanol–water partition coefficient (Wildman–Crippen LogP) is 4.57. The van der Waals surface area contributed by atoms with Crippen LogP contribution >= 0.6 is 34.8 Å². The van der Waals surface area contributed by atoms with Gasteiger partial charge in [0.05, 0.1) is 22.7 Å². The number of hydrogen-bond acceptors (Lipinski definition) is 3.